The Labute approximate surface area is 145 Å². The van der Waals surface area contributed by atoms with E-state index >= 15 is 0 Å². The molecule has 128 valence electrons. The lowest BCUT2D eigenvalue weighted by Crippen LogP contribution is -2.37. The molecular weight excluding hydrogens is 298 g/mol. The van der Waals surface area contributed by atoms with Crippen molar-refractivity contribution in [3.63, 3.8) is 0 Å². The Morgan fingerprint density at radius 2 is 1.83 bits per heavy atom. The average Bonchev–Trinajstić information content (AvgIpc) is 2.61. The van der Waals surface area contributed by atoms with Crippen LogP contribution >= 0.6 is 0 Å². The molecule has 4 nitrogen and oxygen atoms in total. The second-order valence-corrected chi connectivity index (χ2v) is 5.80. The van der Waals surface area contributed by atoms with Gasteiger partial charge in [0.2, 0.25) is 0 Å². The van der Waals surface area contributed by atoms with Crippen molar-refractivity contribution in [3.05, 3.63) is 65.2 Å². The molecule has 2 rings (SSSR count). The third-order valence-electron chi connectivity index (χ3n) is 3.81. The zero-order valence-corrected chi connectivity index (χ0v) is 14.8. The van der Waals surface area contributed by atoms with Gasteiger partial charge in [-0.2, -0.15) is 0 Å². The van der Waals surface area contributed by atoms with Crippen molar-refractivity contribution in [1.29, 1.82) is 0 Å². The number of methoxy groups -OCH3 is 1. The Hall–Kier alpha value is -2.49. The highest BCUT2D eigenvalue weighted by atomic mass is 16.5. The molecule has 0 bridgehead atoms. The van der Waals surface area contributed by atoms with Crippen LogP contribution in [0.3, 0.4) is 0 Å². The predicted octanol–water partition coefficient (Wildman–Crippen LogP) is 3.30. The summed E-state index contributed by atoms with van der Waals surface area (Å²) in [5.41, 5.74) is 3.74. The Bertz CT molecular complexity index is 653. The highest BCUT2D eigenvalue weighted by Gasteiger charge is 2.01. The molecule has 0 spiro atoms. The molecular formula is C20H27N3O. The third-order valence-corrected chi connectivity index (χ3v) is 3.81. The van der Waals surface area contributed by atoms with Crippen LogP contribution in [0.4, 0.5) is 0 Å². The molecule has 2 N–H and O–H groups in total. The van der Waals surface area contributed by atoms with Crippen molar-refractivity contribution in [2.75, 3.05) is 20.7 Å². The Morgan fingerprint density at radius 1 is 1.04 bits per heavy atom. The highest BCUT2D eigenvalue weighted by Crippen LogP contribution is 2.16. The van der Waals surface area contributed by atoms with Gasteiger partial charge in [0.15, 0.2) is 5.96 Å². The summed E-state index contributed by atoms with van der Waals surface area (Å²) in [4.78, 5) is 4.28. The molecule has 0 aromatic heterocycles. The first-order valence-corrected chi connectivity index (χ1v) is 8.34. The molecule has 0 heterocycles. The first-order chi connectivity index (χ1) is 11.7. The van der Waals surface area contributed by atoms with Crippen molar-refractivity contribution in [2.24, 2.45) is 4.99 Å². The van der Waals surface area contributed by atoms with Crippen LogP contribution in [-0.2, 0) is 13.0 Å². The monoisotopic (exact) mass is 325 g/mol. The van der Waals surface area contributed by atoms with E-state index < -0.39 is 0 Å². The maximum Gasteiger partial charge on any atom is 0.191 e. The number of nitrogens with zero attached hydrogens (tertiary/aromatic N) is 1. The van der Waals surface area contributed by atoms with E-state index in [0.29, 0.717) is 0 Å². The van der Waals surface area contributed by atoms with Crippen molar-refractivity contribution in [2.45, 2.75) is 26.3 Å². The number of guanidine groups is 1. The van der Waals surface area contributed by atoms with E-state index in [1.165, 1.54) is 16.7 Å². The van der Waals surface area contributed by atoms with Crippen LogP contribution in [0.25, 0.3) is 0 Å². The van der Waals surface area contributed by atoms with Gasteiger partial charge < -0.3 is 15.4 Å². The standard InChI is InChI=1S/C20H27N3O/c1-16-12-18(14-19(13-16)24-3)15-23-20(21-2)22-11-7-10-17-8-5-4-6-9-17/h4-6,8-9,12-14H,7,10-11,15H2,1-3H3,(H2,21,22,23). The topological polar surface area (TPSA) is 45.7 Å². The summed E-state index contributed by atoms with van der Waals surface area (Å²) in [5.74, 6) is 1.71. The SMILES string of the molecule is CN=C(NCCCc1ccccc1)NCc1cc(C)cc(OC)c1. The van der Waals surface area contributed by atoms with Gasteiger partial charge in [0, 0.05) is 20.1 Å². The minimum absolute atomic E-state index is 0.719. The van der Waals surface area contributed by atoms with Crippen molar-refractivity contribution < 1.29 is 4.74 Å². The molecule has 0 aliphatic rings. The van der Waals surface area contributed by atoms with Crippen molar-refractivity contribution in [1.82, 2.24) is 10.6 Å². The third kappa shape index (κ3) is 5.95. The largest absolute Gasteiger partial charge is 0.497 e. The van der Waals surface area contributed by atoms with Crippen LogP contribution in [0, 0.1) is 6.92 Å². The number of benzene rings is 2. The predicted molar refractivity (Wildman–Crippen MR) is 101 cm³/mol. The smallest absolute Gasteiger partial charge is 0.191 e. The van der Waals surface area contributed by atoms with E-state index in [-0.39, 0.29) is 0 Å². The van der Waals surface area contributed by atoms with Gasteiger partial charge in [-0.1, -0.05) is 36.4 Å². The number of hydrogen-bond acceptors (Lipinski definition) is 2. The summed E-state index contributed by atoms with van der Waals surface area (Å²) in [6, 6.07) is 16.8. The normalized spacial score (nSPS) is 11.2. The van der Waals surface area contributed by atoms with E-state index in [9.17, 15) is 0 Å². The van der Waals surface area contributed by atoms with Gasteiger partial charge in [0.05, 0.1) is 7.11 Å². The summed E-state index contributed by atoms with van der Waals surface area (Å²) in [7, 11) is 3.49. The average molecular weight is 325 g/mol. The molecule has 0 fully saturated rings. The van der Waals surface area contributed by atoms with Crippen molar-refractivity contribution >= 4 is 5.96 Å². The molecule has 0 saturated carbocycles. The van der Waals surface area contributed by atoms with Gasteiger partial charge in [-0.3, -0.25) is 4.99 Å². The van der Waals surface area contributed by atoms with Gasteiger partial charge in [-0.25, -0.2) is 0 Å². The summed E-state index contributed by atoms with van der Waals surface area (Å²) in [5, 5.41) is 6.71. The van der Waals surface area contributed by atoms with E-state index in [0.717, 1.165) is 37.6 Å². The molecule has 2 aromatic rings. The lowest BCUT2D eigenvalue weighted by atomic mass is 10.1. The van der Waals surface area contributed by atoms with Gasteiger partial charge in [0.25, 0.3) is 0 Å². The lowest BCUT2D eigenvalue weighted by Gasteiger charge is -2.13. The van der Waals surface area contributed by atoms with Gasteiger partial charge in [0.1, 0.15) is 5.75 Å². The van der Waals surface area contributed by atoms with Crippen LogP contribution in [0.1, 0.15) is 23.1 Å². The van der Waals surface area contributed by atoms with Crippen LogP contribution in [0.5, 0.6) is 5.75 Å². The number of hydrogen-bond donors (Lipinski definition) is 2. The molecule has 0 radical (unpaired) electrons. The van der Waals surface area contributed by atoms with Gasteiger partial charge in [-0.05, 0) is 48.6 Å². The number of aliphatic imine (C=N–C) groups is 1. The minimum atomic E-state index is 0.719. The fourth-order valence-corrected chi connectivity index (χ4v) is 2.59. The number of ether oxygens (including phenoxy) is 1. The maximum absolute atomic E-state index is 5.32. The fraction of sp³-hybridized carbons (Fsp3) is 0.350. The highest BCUT2D eigenvalue weighted by molar-refractivity contribution is 5.79. The molecule has 2 aromatic carbocycles. The minimum Gasteiger partial charge on any atom is -0.497 e. The molecule has 24 heavy (non-hydrogen) atoms. The summed E-state index contributed by atoms with van der Waals surface area (Å²) in [6.07, 6.45) is 2.14. The summed E-state index contributed by atoms with van der Waals surface area (Å²) in [6.45, 7) is 3.69. The van der Waals surface area contributed by atoms with Crippen LogP contribution in [-0.4, -0.2) is 26.7 Å². The molecule has 4 heteroatoms. The Balaban J connectivity index is 1.75. The Morgan fingerprint density at radius 3 is 2.54 bits per heavy atom. The molecule has 0 saturated heterocycles. The molecule has 0 amide bonds. The summed E-state index contributed by atoms with van der Waals surface area (Å²) < 4.78 is 5.32. The second kappa shape index (κ2) is 9.60. The first kappa shape index (κ1) is 17.9. The Kier molecular flexibility index (Phi) is 7.15. The number of aryl methyl sites for hydroxylation is 2. The zero-order valence-electron chi connectivity index (χ0n) is 14.8. The van der Waals surface area contributed by atoms with Crippen LogP contribution in [0.2, 0.25) is 0 Å². The quantitative estimate of drug-likeness (QED) is 0.466. The van der Waals surface area contributed by atoms with Crippen LogP contribution in [0.15, 0.2) is 53.5 Å². The van der Waals surface area contributed by atoms with Gasteiger partial charge >= 0.3 is 0 Å². The van der Waals surface area contributed by atoms with E-state index in [1.54, 1.807) is 14.2 Å². The number of nitrogens with one attached hydrogen (secondary N) is 2. The summed E-state index contributed by atoms with van der Waals surface area (Å²) >= 11 is 0. The fourth-order valence-electron chi connectivity index (χ4n) is 2.59. The molecule has 0 aliphatic heterocycles. The lowest BCUT2D eigenvalue weighted by molar-refractivity contribution is 0.414. The molecule has 0 atom stereocenters. The van der Waals surface area contributed by atoms with E-state index in [2.05, 4.69) is 52.9 Å². The first-order valence-electron chi connectivity index (χ1n) is 8.34. The zero-order chi connectivity index (χ0) is 17.2. The molecule has 0 unspecified atom stereocenters. The maximum atomic E-state index is 5.32. The van der Waals surface area contributed by atoms with E-state index in [1.807, 2.05) is 18.2 Å². The van der Waals surface area contributed by atoms with E-state index in [4.69, 9.17) is 4.74 Å². The van der Waals surface area contributed by atoms with Gasteiger partial charge in [-0.15, -0.1) is 0 Å². The number of rotatable bonds is 7. The second-order valence-electron chi connectivity index (χ2n) is 5.80. The van der Waals surface area contributed by atoms with Crippen molar-refractivity contribution in [3.8, 4) is 5.75 Å². The molecule has 0 aliphatic carbocycles. The van der Waals surface area contributed by atoms with Crippen LogP contribution < -0.4 is 15.4 Å².